The summed E-state index contributed by atoms with van der Waals surface area (Å²) in [5.74, 6) is 0.872. The summed E-state index contributed by atoms with van der Waals surface area (Å²) in [5, 5.41) is 0. The molecule has 0 unspecified atom stereocenters. The van der Waals surface area contributed by atoms with Crippen LogP contribution in [0.5, 0.6) is 17.2 Å². The smallest absolute Gasteiger partial charge is 0.338 e. The van der Waals surface area contributed by atoms with Crippen molar-refractivity contribution in [2.24, 2.45) is 0 Å². The number of ether oxygens (including phenoxy) is 4. The van der Waals surface area contributed by atoms with Crippen LogP contribution in [0.15, 0.2) is 66.7 Å². The quantitative estimate of drug-likeness (QED) is 0.508. The fourth-order valence-corrected chi connectivity index (χ4v) is 2.95. The molecule has 3 aromatic carbocycles. The second kappa shape index (κ2) is 9.64. The van der Waals surface area contributed by atoms with E-state index in [4.69, 9.17) is 18.9 Å². The Balaban J connectivity index is 1.98. The molecule has 0 radical (unpaired) electrons. The second-order valence-corrected chi connectivity index (χ2v) is 6.45. The predicted molar refractivity (Wildman–Crippen MR) is 111 cm³/mol. The Kier molecular flexibility index (Phi) is 6.74. The lowest BCUT2D eigenvalue weighted by molar-refractivity contribution is 0.0598. The van der Waals surface area contributed by atoms with Crippen LogP contribution < -0.4 is 14.2 Å². The van der Waals surface area contributed by atoms with Gasteiger partial charge in [-0.15, -0.1) is 0 Å². The third kappa shape index (κ3) is 4.88. The number of carbonyl (C=O) groups is 1. The van der Waals surface area contributed by atoms with Crippen LogP contribution in [0.25, 0.3) is 0 Å². The van der Waals surface area contributed by atoms with Crippen molar-refractivity contribution in [1.29, 1.82) is 0 Å². The number of esters is 1. The summed E-state index contributed by atoms with van der Waals surface area (Å²) in [6, 6.07) is 21.2. The molecule has 0 amide bonds. The minimum atomic E-state index is -0.458. The molecule has 3 aromatic rings. The highest BCUT2D eigenvalue weighted by molar-refractivity contribution is 5.93. The first kappa shape index (κ1) is 20.3. The van der Waals surface area contributed by atoms with E-state index in [1.807, 2.05) is 60.7 Å². The number of methoxy groups -OCH3 is 2. The molecule has 0 bridgehead atoms. The lowest BCUT2D eigenvalue weighted by atomic mass is 10.1. The first-order valence-electron chi connectivity index (χ1n) is 9.27. The average molecular weight is 392 g/mol. The molecule has 0 aromatic heterocycles. The summed E-state index contributed by atoms with van der Waals surface area (Å²) >= 11 is 0. The van der Waals surface area contributed by atoms with E-state index in [2.05, 4.69) is 0 Å². The highest BCUT2D eigenvalue weighted by atomic mass is 16.5. The molecule has 0 aliphatic carbocycles. The summed E-state index contributed by atoms with van der Waals surface area (Å²) in [5.41, 5.74) is 3.03. The summed E-state index contributed by atoms with van der Waals surface area (Å²) in [6.07, 6.45) is 0. The summed E-state index contributed by atoms with van der Waals surface area (Å²) in [6.45, 7) is 2.48. The minimum absolute atomic E-state index is 0.331. The molecular weight excluding hydrogens is 368 g/mol. The molecule has 0 N–H and O–H groups in total. The van der Waals surface area contributed by atoms with E-state index in [0.717, 1.165) is 11.1 Å². The number of benzene rings is 3. The maximum atomic E-state index is 12.2. The molecule has 0 heterocycles. The number of rotatable bonds is 8. The molecule has 0 fully saturated rings. The van der Waals surface area contributed by atoms with Crippen LogP contribution in [0.4, 0.5) is 0 Å². The van der Waals surface area contributed by atoms with Gasteiger partial charge in [0.1, 0.15) is 13.2 Å². The second-order valence-electron chi connectivity index (χ2n) is 6.45. The van der Waals surface area contributed by atoms with Gasteiger partial charge in [-0.2, -0.15) is 0 Å². The molecule has 0 saturated heterocycles. The Bertz CT molecular complexity index is 952. The zero-order valence-corrected chi connectivity index (χ0v) is 16.8. The molecule has 5 nitrogen and oxygen atoms in total. The van der Waals surface area contributed by atoms with Crippen LogP contribution in [0.2, 0.25) is 0 Å². The third-order valence-corrected chi connectivity index (χ3v) is 4.53. The maximum absolute atomic E-state index is 12.2. The van der Waals surface area contributed by atoms with Crippen LogP contribution in [0.1, 0.15) is 27.0 Å². The molecule has 0 aliphatic heterocycles. The van der Waals surface area contributed by atoms with E-state index in [-0.39, 0.29) is 0 Å². The molecule has 29 heavy (non-hydrogen) atoms. The summed E-state index contributed by atoms with van der Waals surface area (Å²) in [4.78, 5) is 12.2. The minimum Gasteiger partial charge on any atom is -0.493 e. The Morgan fingerprint density at radius 3 is 1.79 bits per heavy atom. The number of carbonyl (C=O) groups excluding carboxylic acids is 1. The third-order valence-electron chi connectivity index (χ3n) is 4.53. The van der Waals surface area contributed by atoms with Crippen LogP contribution in [-0.4, -0.2) is 20.2 Å². The van der Waals surface area contributed by atoms with E-state index < -0.39 is 5.97 Å². The lowest BCUT2D eigenvalue weighted by Gasteiger charge is -2.20. The van der Waals surface area contributed by atoms with Gasteiger partial charge in [-0.1, -0.05) is 60.7 Å². The number of hydrogen-bond donors (Lipinski definition) is 0. The average Bonchev–Trinajstić information content (AvgIpc) is 2.77. The van der Waals surface area contributed by atoms with Crippen molar-refractivity contribution in [3.63, 3.8) is 0 Å². The van der Waals surface area contributed by atoms with Gasteiger partial charge in [0.05, 0.1) is 19.8 Å². The Morgan fingerprint density at radius 1 is 0.793 bits per heavy atom. The van der Waals surface area contributed by atoms with Crippen molar-refractivity contribution in [1.82, 2.24) is 0 Å². The van der Waals surface area contributed by atoms with Gasteiger partial charge in [-0.25, -0.2) is 4.79 Å². The first-order valence-corrected chi connectivity index (χ1v) is 9.27. The van der Waals surface area contributed by atoms with E-state index in [9.17, 15) is 4.79 Å². The largest absolute Gasteiger partial charge is 0.493 e. The van der Waals surface area contributed by atoms with Crippen LogP contribution in [0, 0.1) is 6.92 Å². The van der Waals surface area contributed by atoms with Crippen molar-refractivity contribution in [3.8, 4) is 17.2 Å². The highest BCUT2D eigenvalue weighted by Crippen LogP contribution is 2.43. The van der Waals surface area contributed by atoms with Gasteiger partial charge < -0.3 is 18.9 Å². The molecule has 150 valence electrons. The Labute approximate surface area is 170 Å². The van der Waals surface area contributed by atoms with Crippen molar-refractivity contribution in [3.05, 3.63) is 89.0 Å². The molecule has 0 saturated carbocycles. The Hall–Kier alpha value is -3.47. The number of hydrogen-bond acceptors (Lipinski definition) is 5. The Morgan fingerprint density at radius 2 is 1.31 bits per heavy atom. The van der Waals surface area contributed by atoms with E-state index in [0.29, 0.717) is 41.6 Å². The van der Waals surface area contributed by atoms with E-state index in [1.165, 1.54) is 14.2 Å². The standard InChI is InChI=1S/C24H24O5/c1-17-20(24(25)27-3)14-21(26-2)23(29-16-19-12-8-5-9-13-19)22(17)28-15-18-10-6-4-7-11-18/h4-14H,15-16H2,1-3H3. The van der Waals surface area contributed by atoms with Gasteiger partial charge in [0.15, 0.2) is 11.5 Å². The molecule has 3 rings (SSSR count). The van der Waals surface area contributed by atoms with Gasteiger partial charge in [-0.05, 0) is 24.1 Å². The van der Waals surface area contributed by atoms with Crippen LogP contribution >= 0.6 is 0 Å². The normalized spacial score (nSPS) is 10.3. The molecule has 5 heteroatoms. The van der Waals surface area contributed by atoms with Gasteiger partial charge in [0, 0.05) is 5.56 Å². The van der Waals surface area contributed by atoms with Gasteiger partial charge in [0.2, 0.25) is 5.75 Å². The van der Waals surface area contributed by atoms with Crippen molar-refractivity contribution in [2.45, 2.75) is 20.1 Å². The SMILES string of the molecule is COC(=O)c1cc(OC)c(OCc2ccccc2)c(OCc2ccccc2)c1C. The van der Waals surface area contributed by atoms with Gasteiger partial charge in [0.25, 0.3) is 0 Å². The molecule has 0 atom stereocenters. The van der Waals surface area contributed by atoms with Crippen molar-refractivity contribution in [2.75, 3.05) is 14.2 Å². The first-order chi connectivity index (χ1) is 14.1. The topological polar surface area (TPSA) is 54.0 Å². The maximum Gasteiger partial charge on any atom is 0.338 e. The van der Waals surface area contributed by atoms with Gasteiger partial charge >= 0.3 is 5.97 Å². The van der Waals surface area contributed by atoms with Crippen LogP contribution in [-0.2, 0) is 18.0 Å². The zero-order chi connectivity index (χ0) is 20.6. The van der Waals surface area contributed by atoms with E-state index >= 15 is 0 Å². The highest BCUT2D eigenvalue weighted by Gasteiger charge is 2.23. The van der Waals surface area contributed by atoms with E-state index in [1.54, 1.807) is 13.0 Å². The van der Waals surface area contributed by atoms with Gasteiger partial charge in [-0.3, -0.25) is 0 Å². The zero-order valence-electron chi connectivity index (χ0n) is 16.8. The molecule has 0 spiro atoms. The monoisotopic (exact) mass is 392 g/mol. The summed E-state index contributed by atoms with van der Waals surface area (Å²) in [7, 11) is 2.88. The van der Waals surface area contributed by atoms with Crippen molar-refractivity contribution < 1.29 is 23.7 Å². The lowest BCUT2D eigenvalue weighted by Crippen LogP contribution is -2.09. The fourth-order valence-electron chi connectivity index (χ4n) is 2.95. The van der Waals surface area contributed by atoms with Crippen LogP contribution in [0.3, 0.4) is 0 Å². The fraction of sp³-hybridized carbons (Fsp3) is 0.208. The molecule has 0 aliphatic rings. The molecular formula is C24H24O5. The predicted octanol–water partition coefficient (Wildman–Crippen LogP) is 4.95. The summed E-state index contributed by atoms with van der Waals surface area (Å²) < 4.78 is 22.6. The van der Waals surface area contributed by atoms with Crippen molar-refractivity contribution >= 4 is 5.97 Å².